The van der Waals surface area contributed by atoms with E-state index in [2.05, 4.69) is 30.8 Å². The molecule has 1 heterocycles. The van der Waals surface area contributed by atoms with Crippen LogP contribution in [0.1, 0.15) is 11.3 Å². The summed E-state index contributed by atoms with van der Waals surface area (Å²) in [5.74, 6) is -0.163. The summed E-state index contributed by atoms with van der Waals surface area (Å²) in [5.41, 5.74) is 6.69. The van der Waals surface area contributed by atoms with E-state index in [1.165, 1.54) is 23.0 Å². The van der Waals surface area contributed by atoms with E-state index in [1.807, 2.05) is 0 Å². The smallest absolute Gasteiger partial charge is 0.405 e. The lowest BCUT2D eigenvalue weighted by Gasteiger charge is -2.11. The Balaban J connectivity index is 2.29. The molecule has 0 fully saturated rings. The van der Waals surface area contributed by atoms with Gasteiger partial charge in [0.25, 0.3) is 0 Å². The van der Waals surface area contributed by atoms with Crippen LogP contribution in [0.2, 0.25) is 0 Å². The largest absolute Gasteiger partial charge is 0.573 e. The Hall–Kier alpha value is -2.03. The number of nitrogens with two attached hydrogens (primary N) is 1. The number of imidazole rings is 1. The predicted octanol–water partition coefficient (Wildman–Crippen LogP) is 3.32. The molecular weight excluding hydrogens is 353 g/mol. The van der Waals surface area contributed by atoms with Crippen molar-refractivity contribution in [3.8, 4) is 5.75 Å². The van der Waals surface area contributed by atoms with Gasteiger partial charge in [-0.2, -0.15) is 5.10 Å². The van der Waals surface area contributed by atoms with E-state index < -0.39 is 6.36 Å². The lowest BCUT2D eigenvalue weighted by atomic mass is 10.2. The molecule has 0 aliphatic heterocycles. The number of aromatic nitrogens is 2. The zero-order valence-corrected chi connectivity index (χ0v) is 12.3. The molecule has 0 aliphatic carbocycles. The van der Waals surface area contributed by atoms with E-state index in [0.29, 0.717) is 11.3 Å². The summed E-state index contributed by atoms with van der Waals surface area (Å²) in [6.07, 6.45) is -1.81. The molecule has 0 atom stereocenters. The van der Waals surface area contributed by atoms with E-state index in [0.717, 1.165) is 0 Å². The summed E-state index contributed by atoms with van der Waals surface area (Å²) in [7, 11) is 0. The van der Waals surface area contributed by atoms with Crippen LogP contribution >= 0.6 is 15.9 Å². The number of halogens is 4. The first-order valence-corrected chi connectivity index (χ1v) is 6.45. The number of ether oxygens (including phenoxy) is 1. The van der Waals surface area contributed by atoms with Gasteiger partial charge in [-0.1, -0.05) is 12.1 Å². The van der Waals surface area contributed by atoms with Crippen LogP contribution in [0.5, 0.6) is 5.75 Å². The quantitative estimate of drug-likeness (QED) is 0.851. The Labute approximate surface area is 126 Å². The highest BCUT2D eigenvalue weighted by Gasteiger charge is 2.32. The van der Waals surface area contributed by atoms with E-state index in [-0.39, 0.29) is 16.2 Å². The van der Waals surface area contributed by atoms with Gasteiger partial charge in [0, 0.05) is 5.56 Å². The average molecular weight is 363 g/mol. The number of hydrogen-bond acceptors (Lipinski definition) is 4. The maximum atomic E-state index is 12.3. The maximum Gasteiger partial charge on any atom is 0.573 e. The Morgan fingerprint density at radius 2 is 2.14 bits per heavy atom. The van der Waals surface area contributed by atoms with Gasteiger partial charge in [0.05, 0.1) is 22.6 Å². The number of benzene rings is 1. The molecule has 0 amide bonds. The molecule has 1 aromatic heterocycles. The molecule has 9 heteroatoms. The topological polar surface area (TPSA) is 65.4 Å². The fourth-order valence-corrected chi connectivity index (χ4v) is 2.00. The molecule has 0 radical (unpaired) electrons. The Kier molecular flexibility index (Phi) is 4.21. The van der Waals surface area contributed by atoms with Gasteiger partial charge in [-0.3, -0.25) is 0 Å². The van der Waals surface area contributed by atoms with Crippen molar-refractivity contribution in [3.63, 3.8) is 0 Å². The zero-order chi connectivity index (χ0) is 15.6. The van der Waals surface area contributed by atoms with Gasteiger partial charge in [0.2, 0.25) is 5.95 Å². The van der Waals surface area contributed by atoms with Gasteiger partial charge in [0.15, 0.2) is 0 Å². The Bertz CT molecular complexity index is 682. The molecular formula is C12H10BrF3N4O. The molecule has 2 N–H and O–H groups in total. The zero-order valence-electron chi connectivity index (χ0n) is 10.7. The molecule has 1 aromatic carbocycles. The van der Waals surface area contributed by atoms with Crippen molar-refractivity contribution in [3.05, 3.63) is 40.1 Å². The average Bonchev–Trinajstić information content (AvgIpc) is 2.67. The van der Waals surface area contributed by atoms with E-state index in [4.69, 9.17) is 5.73 Å². The van der Waals surface area contributed by atoms with Crippen LogP contribution in [-0.4, -0.2) is 22.2 Å². The van der Waals surface area contributed by atoms with Gasteiger partial charge < -0.3 is 10.5 Å². The van der Waals surface area contributed by atoms with Gasteiger partial charge in [-0.25, -0.2) is 9.66 Å². The molecule has 112 valence electrons. The van der Waals surface area contributed by atoms with Gasteiger partial charge in [0.1, 0.15) is 5.75 Å². The molecule has 0 unspecified atom stereocenters. The van der Waals surface area contributed by atoms with E-state index >= 15 is 0 Å². The second-order valence-electron chi connectivity index (χ2n) is 4.04. The number of alkyl halides is 3. The maximum absolute atomic E-state index is 12.3. The highest BCUT2D eigenvalue weighted by molar-refractivity contribution is 9.10. The third-order valence-corrected chi connectivity index (χ3v) is 3.22. The third kappa shape index (κ3) is 3.97. The number of nitrogens with zero attached hydrogens (tertiary/aromatic N) is 3. The minimum absolute atomic E-state index is 0.140. The van der Waals surface area contributed by atoms with Crippen molar-refractivity contribution >= 4 is 28.1 Å². The van der Waals surface area contributed by atoms with Crippen molar-refractivity contribution in [1.82, 2.24) is 9.66 Å². The number of rotatable bonds is 3. The first-order chi connectivity index (χ1) is 9.76. The normalized spacial score (nSPS) is 12.0. The molecule has 2 aromatic rings. The summed E-state index contributed by atoms with van der Waals surface area (Å²) >= 11 is 3.06. The van der Waals surface area contributed by atoms with Crippen molar-refractivity contribution in [2.24, 2.45) is 5.10 Å². The molecule has 0 aliphatic rings. The molecule has 0 saturated carbocycles. The number of anilines is 1. The summed E-state index contributed by atoms with van der Waals surface area (Å²) < 4.78 is 42.1. The lowest BCUT2D eigenvalue weighted by Crippen LogP contribution is -2.17. The van der Waals surface area contributed by atoms with Crippen molar-refractivity contribution in [1.29, 1.82) is 0 Å². The molecule has 0 saturated heterocycles. The van der Waals surface area contributed by atoms with Crippen LogP contribution < -0.4 is 10.5 Å². The molecule has 2 rings (SSSR count). The summed E-state index contributed by atoms with van der Waals surface area (Å²) in [6, 6.07) is 4.21. The van der Waals surface area contributed by atoms with Crippen molar-refractivity contribution in [2.45, 2.75) is 13.3 Å². The lowest BCUT2D eigenvalue weighted by molar-refractivity contribution is -0.274. The minimum Gasteiger partial charge on any atom is -0.405 e. The predicted molar refractivity (Wildman–Crippen MR) is 75.2 cm³/mol. The highest BCUT2D eigenvalue weighted by atomic mass is 79.9. The number of hydrogen-bond donors (Lipinski definition) is 1. The summed E-state index contributed by atoms with van der Waals surface area (Å²) in [4.78, 5) is 3.95. The van der Waals surface area contributed by atoms with Crippen LogP contribution in [0.15, 0.2) is 34.0 Å². The van der Waals surface area contributed by atoms with Crippen LogP contribution in [0.4, 0.5) is 19.1 Å². The van der Waals surface area contributed by atoms with Crippen LogP contribution in [0, 0.1) is 6.92 Å². The number of nitrogen functional groups attached to an aromatic ring is 1. The van der Waals surface area contributed by atoms with Crippen molar-refractivity contribution in [2.75, 3.05) is 5.73 Å². The van der Waals surface area contributed by atoms with Gasteiger partial charge >= 0.3 is 6.36 Å². The minimum atomic E-state index is -4.76. The fourth-order valence-electron chi connectivity index (χ4n) is 1.55. The van der Waals surface area contributed by atoms with E-state index in [9.17, 15) is 13.2 Å². The van der Waals surface area contributed by atoms with Crippen LogP contribution in [0.25, 0.3) is 0 Å². The molecule has 5 nitrogen and oxygen atoms in total. The van der Waals surface area contributed by atoms with Gasteiger partial charge in [-0.05, 0) is 28.9 Å². The molecule has 0 bridgehead atoms. The Morgan fingerprint density at radius 1 is 1.43 bits per heavy atom. The standard InChI is InChI=1S/C12H10BrF3N4O/c1-7-6-20(11(17)19-7)18-5-8-3-2-4-9(10(8)13)21-12(14,15)16/h2-6H,1H3,(H2,17,19). The molecule has 21 heavy (non-hydrogen) atoms. The summed E-state index contributed by atoms with van der Waals surface area (Å²) in [6.45, 7) is 1.75. The SMILES string of the molecule is Cc1cn(N=Cc2cccc(OC(F)(F)F)c2Br)c(N)n1. The van der Waals surface area contributed by atoms with Crippen molar-refractivity contribution < 1.29 is 17.9 Å². The third-order valence-electron chi connectivity index (χ3n) is 2.37. The van der Waals surface area contributed by atoms with E-state index in [1.54, 1.807) is 19.2 Å². The fraction of sp³-hybridized carbons (Fsp3) is 0.167. The second-order valence-corrected chi connectivity index (χ2v) is 4.83. The second kappa shape index (κ2) is 5.76. The summed E-state index contributed by atoms with van der Waals surface area (Å²) in [5, 5.41) is 4.03. The van der Waals surface area contributed by atoms with Crippen LogP contribution in [-0.2, 0) is 0 Å². The first kappa shape index (κ1) is 15.4. The first-order valence-electron chi connectivity index (χ1n) is 5.66. The highest BCUT2D eigenvalue weighted by Crippen LogP contribution is 2.32. The number of aryl methyl sites for hydroxylation is 1. The van der Waals surface area contributed by atoms with Gasteiger partial charge in [-0.15, -0.1) is 13.2 Å². The monoisotopic (exact) mass is 362 g/mol. The van der Waals surface area contributed by atoms with Crippen LogP contribution in [0.3, 0.4) is 0 Å². The molecule has 0 spiro atoms. The Morgan fingerprint density at radius 3 is 2.71 bits per heavy atom.